The first-order chi connectivity index (χ1) is 30.4. The molecule has 1 atom stereocenters. The van der Waals surface area contributed by atoms with Crippen molar-refractivity contribution in [3.8, 4) is 0 Å². The van der Waals surface area contributed by atoms with Crippen molar-refractivity contribution in [3.63, 3.8) is 0 Å². The summed E-state index contributed by atoms with van der Waals surface area (Å²) < 4.78 is 2.88. The van der Waals surface area contributed by atoms with Crippen LogP contribution in [0.3, 0.4) is 0 Å². The van der Waals surface area contributed by atoms with Gasteiger partial charge in [-0.2, -0.15) is 0 Å². The average molecular weight is 895 g/mol. The topological polar surface area (TPSA) is 6.48 Å². The lowest BCUT2D eigenvalue weighted by atomic mass is 9.35. The standard InChI is InChI=1S/C62H79BN2S/c1-36-28-40(21-22-42(36)58(9,10)11)64-50-31-39(57(6,7)8)32-51-53(50)63(55-54(64)41-30-38(56(3,4)5)20-23-52(41)66-55)47-33-44-46(62(18,19)27-25-60(44,14)15)35-49(47)65(51)48-34-45-43(29-37(48)2)59(12,13)24-26-61(45,16)17/h20-23,29-36H,24-28H2,1-19H3. The summed E-state index contributed by atoms with van der Waals surface area (Å²) in [5.74, 6) is 0.433. The molecule has 0 amide bonds. The first kappa shape index (κ1) is 45.8. The van der Waals surface area contributed by atoms with Gasteiger partial charge in [0.1, 0.15) is 0 Å². The van der Waals surface area contributed by atoms with Crippen LogP contribution in [0.15, 0.2) is 78.0 Å². The summed E-state index contributed by atoms with van der Waals surface area (Å²) in [4.78, 5) is 5.58. The van der Waals surface area contributed by atoms with Crippen LogP contribution < -0.4 is 25.5 Å². The van der Waals surface area contributed by atoms with Crippen molar-refractivity contribution in [2.24, 2.45) is 11.3 Å². The molecule has 0 fully saturated rings. The average Bonchev–Trinajstić information content (AvgIpc) is 3.58. The normalized spacial score (nSPS) is 21.4. The minimum absolute atomic E-state index is 0.0296. The van der Waals surface area contributed by atoms with Crippen molar-refractivity contribution in [3.05, 3.63) is 117 Å². The van der Waals surface area contributed by atoms with E-state index in [1.165, 1.54) is 119 Å². The van der Waals surface area contributed by atoms with Crippen molar-refractivity contribution < 1.29 is 0 Å². The van der Waals surface area contributed by atoms with E-state index in [1.54, 1.807) is 11.1 Å². The van der Waals surface area contributed by atoms with Crippen molar-refractivity contribution in [1.29, 1.82) is 0 Å². The SMILES string of the molecule is Cc1cc2c(cc1N1c3cc4c(cc3B3c5sc6ccc(C(C)(C)C)cc6c5N(C5=CC=C(C(C)(C)C)C(C)C5)c5cc(C(C)(C)C)cc1c53)C(C)(C)CCC4(C)C)C(C)(C)CCC2(C)C. The largest absolute Gasteiger partial charge is 0.314 e. The lowest BCUT2D eigenvalue weighted by molar-refractivity contribution is 0.331. The highest BCUT2D eigenvalue weighted by molar-refractivity contribution is 7.33. The number of nitrogens with zero attached hydrogens (tertiary/aromatic N) is 2. The van der Waals surface area contributed by atoms with Crippen LogP contribution in [-0.4, -0.2) is 6.71 Å². The van der Waals surface area contributed by atoms with Gasteiger partial charge >= 0.3 is 0 Å². The van der Waals surface area contributed by atoms with Crippen LogP contribution in [-0.2, 0) is 32.5 Å². The summed E-state index contributed by atoms with van der Waals surface area (Å²) in [7, 11) is 0. The number of thiophene rings is 1. The van der Waals surface area contributed by atoms with E-state index in [0.29, 0.717) is 5.92 Å². The lowest BCUT2D eigenvalue weighted by Crippen LogP contribution is -2.61. The fourth-order valence-corrected chi connectivity index (χ4v) is 14.2. The van der Waals surface area contributed by atoms with Gasteiger partial charge in [0, 0.05) is 43.3 Å². The van der Waals surface area contributed by atoms with E-state index in [-0.39, 0.29) is 44.6 Å². The minimum Gasteiger partial charge on any atom is -0.314 e. The molecule has 5 aromatic rings. The molecule has 0 saturated heterocycles. The number of fused-ring (bicyclic) bond motifs is 8. The zero-order valence-corrected chi connectivity index (χ0v) is 45.2. The number of anilines is 5. The maximum atomic E-state index is 2.79. The Labute approximate surface area is 404 Å². The van der Waals surface area contributed by atoms with Crippen LogP contribution in [0.1, 0.15) is 196 Å². The Morgan fingerprint density at radius 3 is 1.61 bits per heavy atom. The van der Waals surface area contributed by atoms with E-state index in [2.05, 4.69) is 219 Å². The van der Waals surface area contributed by atoms with Gasteiger partial charge in [-0.3, -0.25) is 0 Å². The van der Waals surface area contributed by atoms with Crippen LogP contribution in [0.2, 0.25) is 0 Å². The first-order valence-corrected chi connectivity index (χ1v) is 26.3. The van der Waals surface area contributed by atoms with Gasteiger partial charge < -0.3 is 9.80 Å². The predicted octanol–water partition coefficient (Wildman–Crippen LogP) is 16.1. The lowest BCUT2D eigenvalue weighted by Gasteiger charge is -2.48. The molecule has 10 rings (SSSR count). The van der Waals surface area contributed by atoms with Gasteiger partial charge in [0.15, 0.2) is 0 Å². The number of benzene rings is 4. The molecule has 0 N–H and O–H groups in total. The number of allylic oxidation sites excluding steroid dienone is 4. The third-order valence-electron chi connectivity index (χ3n) is 17.4. The minimum atomic E-state index is -0.0820. The molecule has 4 heteroatoms. The number of rotatable bonds is 2. The maximum Gasteiger partial charge on any atom is 0.264 e. The highest BCUT2D eigenvalue weighted by Crippen LogP contribution is 2.55. The number of aryl methyl sites for hydroxylation is 1. The zero-order valence-electron chi connectivity index (χ0n) is 44.3. The third-order valence-corrected chi connectivity index (χ3v) is 18.7. The van der Waals surface area contributed by atoms with E-state index in [1.807, 2.05) is 0 Å². The number of hydrogen-bond donors (Lipinski definition) is 0. The van der Waals surface area contributed by atoms with Crippen molar-refractivity contribution >= 4 is 72.3 Å². The van der Waals surface area contributed by atoms with Gasteiger partial charge in [0.05, 0.1) is 5.69 Å². The van der Waals surface area contributed by atoms with Crippen LogP contribution in [0.4, 0.5) is 28.4 Å². The summed E-state index contributed by atoms with van der Waals surface area (Å²) in [6, 6.07) is 23.4. The number of hydrogen-bond acceptors (Lipinski definition) is 3. The molecule has 346 valence electrons. The fraction of sp³-hybridized carbons (Fsp3) is 0.516. The fourth-order valence-electron chi connectivity index (χ4n) is 12.9. The molecule has 0 saturated carbocycles. The van der Waals surface area contributed by atoms with Gasteiger partial charge in [-0.05, 0) is 175 Å². The molecule has 4 aromatic carbocycles. The molecule has 3 aliphatic carbocycles. The quantitative estimate of drug-likeness (QED) is 0.160. The monoisotopic (exact) mass is 895 g/mol. The second kappa shape index (κ2) is 14.3. The molecule has 0 spiro atoms. The Morgan fingerprint density at radius 2 is 1.08 bits per heavy atom. The Bertz CT molecular complexity index is 2940. The Hall–Kier alpha value is -4.02. The van der Waals surface area contributed by atoms with E-state index < -0.39 is 0 Å². The second-order valence-corrected chi connectivity index (χ2v) is 28.5. The van der Waals surface area contributed by atoms with Crippen LogP contribution in [0, 0.1) is 18.3 Å². The van der Waals surface area contributed by atoms with Crippen LogP contribution in [0.25, 0.3) is 10.1 Å². The van der Waals surface area contributed by atoms with Crippen molar-refractivity contribution in [2.45, 2.75) is 196 Å². The van der Waals surface area contributed by atoms with Crippen molar-refractivity contribution in [2.75, 3.05) is 9.80 Å². The zero-order chi connectivity index (χ0) is 47.8. The summed E-state index contributed by atoms with van der Waals surface area (Å²) in [5.41, 5.74) is 23.4. The third kappa shape index (κ3) is 6.89. The molecular formula is C62H79BN2S. The summed E-state index contributed by atoms with van der Waals surface area (Å²) in [6.45, 7) is 46.5. The van der Waals surface area contributed by atoms with Crippen molar-refractivity contribution in [1.82, 2.24) is 0 Å². The predicted molar refractivity (Wildman–Crippen MR) is 292 cm³/mol. The summed E-state index contributed by atoms with van der Waals surface area (Å²) in [5, 5.41) is 1.40. The Kier molecular flexibility index (Phi) is 9.90. The molecule has 2 aliphatic heterocycles. The van der Waals surface area contributed by atoms with Gasteiger partial charge in [0.2, 0.25) is 0 Å². The molecule has 5 aliphatic rings. The molecule has 66 heavy (non-hydrogen) atoms. The smallest absolute Gasteiger partial charge is 0.264 e. The first-order valence-electron chi connectivity index (χ1n) is 25.5. The van der Waals surface area contributed by atoms with E-state index in [9.17, 15) is 0 Å². The molecule has 0 bridgehead atoms. The molecule has 2 nitrogen and oxygen atoms in total. The molecular weight excluding hydrogens is 816 g/mol. The second-order valence-electron chi connectivity index (χ2n) is 27.4. The summed E-state index contributed by atoms with van der Waals surface area (Å²) in [6.07, 6.45) is 10.8. The van der Waals surface area contributed by atoms with Gasteiger partial charge in [-0.15, -0.1) is 11.3 Å². The van der Waals surface area contributed by atoms with E-state index in [0.717, 1.165) is 6.42 Å². The highest BCUT2D eigenvalue weighted by atomic mass is 32.1. The molecule has 1 aromatic heterocycles. The van der Waals surface area contributed by atoms with E-state index in [4.69, 9.17) is 0 Å². The van der Waals surface area contributed by atoms with E-state index >= 15 is 0 Å². The van der Waals surface area contributed by atoms with Gasteiger partial charge in [-0.1, -0.05) is 154 Å². The Morgan fingerprint density at radius 1 is 0.561 bits per heavy atom. The van der Waals surface area contributed by atoms with Crippen LogP contribution in [0.5, 0.6) is 0 Å². The van der Waals surface area contributed by atoms with Gasteiger partial charge in [0.25, 0.3) is 6.71 Å². The molecule has 0 radical (unpaired) electrons. The highest BCUT2D eigenvalue weighted by Gasteiger charge is 2.49. The maximum absolute atomic E-state index is 2.79. The summed E-state index contributed by atoms with van der Waals surface area (Å²) >= 11 is 2.06. The van der Waals surface area contributed by atoms with Gasteiger partial charge in [-0.25, -0.2) is 0 Å². The Balaban J connectivity index is 1.38. The molecule has 3 heterocycles. The molecule has 1 unspecified atom stereocenters. The van der Waals surface area contributed by atoms with Crippen LogP contribution >= 0.6 is 11.3 Å².